The highest BCUT2D eigenvalue weighted by Gasteiger charge is 2.59. The van der Waals surface area contributed by atoms with Gasteiger partial charge >= 0.3 is 11.4 Å². The predicted molar refractivity (Wildman–Crippen MR) is 53.2 cm³/mol. The van der Waals surface area contributed by atoms with Crippen molar-refractivity contribution < 1.29 is 23.4 Å². The Balaban J connectivity index is 3.32. The van der Waals surface area contributed by atoms with Crippen LogP contribution in [0.25, 0.3) is 0 Å². The van der Waals surface area contributed by atoms with E-state index in [1.165, 1.54) is 12.1 Å². The molecule has 0 saturated carbocycles. The van der Waals surface area contributed by atoms with Gasteiger partial charge in [-0.2, -0.15) is 8.78 Å². The Morgan fingerprint density at radius 3 is 2.25 bits per heavy atom. The standard InChI is InChI=1S/C10H9ClF2O3/c1-16-8(14)9(15,10(11,12)13)7-5-3-2-4-6-7/h2-6,15H,1H3. The maximum atomic E-state index is 13.1. The second kappa shape index (κ2) is 4.35. The summed E-state index contributed by atoms with van der Waals surface area (Å²) in [7, 11) is 0.888. The molecule has 0 aromatic heterocycles. The lowest BCUT2D eigenvalue weighted by atomic mass is 9.94. The van der Waals surface area contributed by atoms with Gasteiger partial charge in [0.25, 0.3) is 5.60 Å². The quantitative estimate of drug-likeness (QED) is 0.658. The van der Waals surface area contributed by atoms with E-state index in [9.17, 15) is 18.7 Å². The van der Waals surface area contributed by atoms with E-state index >= 15 is 0 Å². The number of hydrogen-bond acceptors (Lipinski definition) is 3. The van der Waals surface area contributed by atoms with E-state index < -0.39 is 17.0 Å². The minimum Gasteiger partial charge on any atom is -0.466 e. The van der Waals surface area contributed by atoms with Gasteiger partial charge < -0.3 is 9.84 Å². The average Bonchev–Trinajstić information content (AvgIpc) is 2.26. The van der Waals surface area contributed by atoms with Crippen molar-refractivity contribution in [3.63, 3.8) is 0 Å². The van der Waals surface area contributed by atoms with Crippen LogP contribution in [0.4, 0.5) is 8.78 Å². The van der Waals surface area contributed by atoms with Crippen LogP contribution in [-0.4, -0.2) is 23.6 Å². The molecule has 16 heavy (non-hydrogen) atoms. The first kappa shape index (κ1) is 12.9. The maximum absolute atomic E-state index is 13.1. The number of methoxy groups -OCH3 is 1. The normalized spacial score (nSPS) is 15.3. The minimum absolute atomic E-state index is 0.332. The molecule has 0 bridgehead atoms. The van der Waals surface area contributed by atoms with Gasteiger partial charge in [0, 0.05) is 5.56 Å². The van der Waals surface area contributed by atoms with Crippen molar-refractivity contribution in [1.82, 2.24) is 0 Å². The van der Waals surface area contributed by atoms with Gasteiger partial charge in [0.15, 0.2) is 0 Å². The minimum atomic E-state index is -4.17. The second-order valence-electron chi connectivity index (χ2n) is 3.07. The Morgan fingerprint density at radius 1 is 1.38 bits per heavy atom. The van der Waals surface area contributed by atoms with E-state index in [0.29, 0.717) is 0 Å². The molecule has 1 aromatic rings. The third-order valence-corrected chi connectivity index (χ3v) is 2.36. The van der Waals surface area contributed by atoms with Crippen LogP contribution in [0, 0.1) is 0 Å². The first-order chi connectivity index (χ1) is 7.34. The van der Waals surface area contributed by atoms with E-state index in [1.807, 2.05) is 0 Å². The first-order valence-electron chi connectivity index (χ1n) is 4.27. The average molecular weight is 251 g/mol. The molecule has 1 unspecified atom stereocenters. The molecule has 0 aliphatic heterocycles. The van der Waals surface area contributed by atoms with E-state index in [1.54, 1.807) is 6.07 Å². The summed E-state index contributed by atoms with van der Waals surface area (Å²) in [6.45, 7) is 0. The lowest BCUT2D eigenvalue weighted by molar-refractivity contribution is -0.191. The van der Waals surface area contributed by atoms with Crippen LogP contribution in [0.1, 0.15) is 5.56 Å². The Hall–Kier alpha value is -1.20. The monoisotopic (exact) mass is 250 g/mol. The van der Waals surface area contributed by atoms with Crippen LogP contribution in [0.5, 0.6) is 0 Å². The smallest absolute Gasteiger partial charge is 0.365 e. The number of aliphatic hydroxyl groups is 1. The summed E-state index contributed by atoms with van der Waals surface area (Å²) in [5.41, 5.74) is -3.52. The fourth-order valence-corrected chi connectivity index (χ4v) is 1.41. The first-order valence-corrected chi connectivity index (χ1v) is 4.65. The van der Waals surface area contributed by atoms with Crippen LogP contribution in [0.2, 0.25) is 0 Å². The van der Waals surface area contributed by atoms with Crippen LogP contribution >= 0.6 is 11.6 Å². The highest BCUT2D eigenvalue weighted by atomic mass is 35.5. The number of carbonyl (C=O) groups excluding carboxylic acids is 1. The zero-order valence-corrected chi connectivity index (χ0v) is 9.04. The fourth-order valence-electron chi connectivity index (χ4n) is 1.22. The maximum Gasteiger partial charge on any atom is 0.365 e. The van der Waals surface area contributed by atoms with E-state index in [0.717, 1.165) is 19.2 Å². The molecule has 0 aliphatic rings. The molecule has 1 aromatic carbocycles. The Morgan fingerprint density at radius 2 is 1.88 bits per heavy atom. The lowest BCUT2D eigenvalue weighted by Crippen LogP contribution is -2.49. The molecule has 0 saturated heterocycles. The number of ether oxygens (including phenoxy) is 1. The molecule has 88 valence electrons. The van der Waals surface area contributed by atoms with Gasteiger partial charge in [-0.15, -0.1) is 0 Å². The van der Waals surface area contributed by atoms with Crippen molar-refractivity contribution >= 4 is 17.6 Å². The molecule has 0 radical (unpaired) electrons. The summed E-state index contributed by atoms with van der Waals surface area (Å²) >= 11 is 4.76. The molecule has 0 amide bonds. The van der Waals surface area contributed by atoms with Gasteiger partial charge in [-0.1, -0.05) is 30.3 Å². The summed E-state index contributed by atoms with van der Waals surface area (Å²) in [5.74, 6) is -1.52. The predicted octanol–water partition coefficient (Wildman–Crippen LogP) is 1.88. The number of esters is 1. The summed E-state index contributed by atoms with van der Waals surface area (Å²) in [6, 6.07) is 6.66. The number of rotatable bonds is 3. The number of halogens is 3. The molecule has 1 rings (SSSR count). The van der Waals surface area contributed by atoms with Crippen molar-refractivity contribution in [3.8, 4) is 0 Å². The molecule has 0 fully saturated rings. The van der Waals surface area contributed by atoms with Gasteiger partial charge in [-0.05, 0) is 11.6 Å². The number of hydrogen-bond donors (Lipinski definition) is 1. The number of alkyl halides is 3. The largest absolute Gasteiger partial charge is 0.466 e. The Labute approximate surface area is 95.6 Å². The summed E-state index contributed by atoms with van der Waals surface area (Å²) < 4.78 is 30.4. The summed E-state index contributed by atoms with van der Waals surface area (Å²) in [4.78, 5) is 11.2. The van der Waals surface area contributed by atoms with E-state index in [2.05, 4.69) is 4.74 Å². The van der Waals surface area contributed by atoms with Crippen molar-refractivity contribution in [3.05, 3.63) is 35.9 Å². The molecular weight excluding hydrogens is 242 g/mol. The van der Waals surface area contributed by atoms with Crippen molar-refractivity contribution in [2.75, 3.05) is 7.11 Å². The molecule has 1 atom stereocenters. The molecule has 0 spiro atoms. The zero-order valence-electron chi connectivity index (χ0n) is 8.28. The van der Waals surface area contributed by atoms with Crippen LogP contribution in [0.3, 0.4) is 0 Å². The zero-order chi connectivity index (χ0) is 12.4. The fraction of sp³-hybridized carbons (Fsp3) is 0.300. The highest BCUT2D eigenvalue weighted by Crippen LogP contribution is 2.41. The Bertz CT molecular complexity index is 377. The van der Waals surface area contributed by atoms with Gasteiger partial charge in [-0.3, -0.25) is 0 Å². The SMILES string of the molecule is COC(=O)C(O)(c1ccccc1)C(F)(F)Cl. The van der Waals surface area contributed by atoms with Crippen LogP contribution in [-0.2, 0) is 15.1 Å². The summed E-state index contributed by atoms with van der Waals surface area (Å²) in [5, 5.41) is 5.57. The topological polar surface area (TPSA) is 46.5 Å². The van der Waals surface area contributed by atoms with E-state index in [4.69, 9.17) is 11.6 Å². The van der Waals surface area contributed by atoms with Gasteiger partial charge in [0.2, 0.25) is 0 Å². The van der Waals surface area contributed by atoms with Gasteiger partial charge in [0.05, 0.1) is 7.11 Å². The van der Waals surface area contributed by atoms with Crippen molar-refractivity contribution in [2.24, 2.45) is 0 Å². The molecule has 1 N–H and O–H groups in total. The molecule has 0 aliphatic carbocycles. The van der Waals surface area contributed by atoms with Crippen molar-refractivity contribution in [2.45, 2.75) is 11.0 Å². The van der Waals surface area contributed by atoms with Crippen LogP contribution in [0.15, 0.2) is 30.3 Å². The molecular formula is C10H9ClF2O3. The van der Waals surface area contributed by atoms with Crippen molar-refractivity contribution in [1.29, 1.82) is 0 Å². The van der Waals surface area contributed by atoms with Crippen LogP contribution < -0.4 is 0 Å². The molecule has 3 nitrogen and oxygen atoms in total. The number of carbonyl (C=O) groups is 1. The van der Waals surface area contributed by atoms with E-state index in [-0.39, 0.29) is 5.56 Å². The summed E-state index contributed by atoms with van der Waals surface area (Å²) in [6.07, 6.45) is 0. The second-order valence-corrected chi connectivity index (χ2v) is 3.54. The lowest BCUT2D eigenvalue weighted by Gasteiger charge is -2.29. The molecule has 0 heterocycles. The van der Waals surface area contributed by atoms with Gasteiger partial charge in [-0.25, -0.2) is 4.79 Å². The third kappa shape index (κ3) is 2.01. The Kier molecular flexibility index (Phi) is 3.50. The third-order valence-electron chi connectivity index (χ3n) is 2.08. The highest BCUT2D eigenvalue weighted by molar-refractivity contribution is 6.24. The number of benzene rings is 1. The molecule has 6 heteroatoms. The van der Waals surface area contributed by atoms with Gasteiger partial charge in [0.1, 0.15) is 0 Å².